The Labute approximate surface area is 182 Å². The second-order valence-electron chi connectivity index (χ2n) is 6.14. The molecule has 2 amide bonds. The zero-order valence-electron chi connectivity index (χ0n) is 15.8. The molecule has 0 heterocycles. The first-order valence-corrected chi connectivity index (χ1v) is 9.31. The van der Waals surface area contributed by atoms with Crippen molar-refractivity contribution in [1.29, 1.82) is 0 Å². The predicted octanol–water partition coefficient (Wildman–Crippen LogP) is 3.58. The Bertz CT molecular complexity index is 677. The maximum absolute atomic E-state index is 11.0. The Hall–Kier alpha value is -1.41. The molecule has 147 valence electrons. The van der Waals surface area contributed by atoms with E-state index in [0.717, 1.165) is 33.6 Å². The topological polar surface area (TPSA) is 58.2 Å². The maximum atomic E-state index is 11.0. The summed E-state index contributed by atoms with van der Waals surface area (Å²) in [7, 11) is 0. The minimum absolute atomic E-state index is 0. The summed E-state index contributed by atoms with van der Waals surface area (Å²) in [5, 5.41) is 5.46. The fraction of sp³-hybridized carbons (Fsp3) is 0.300. The molecule has 27 heavy (non-hydrogen) atoms. The monoisotopic (exact) mass is 447 g/mol. The van der Waals surface area contributed by atoms with Gasteiger partial charge in [-0.05, 0) is 74.2 Å². The molecule has 0 saturated heterocycles. The zero-order chi connectivity index (χ0) is 19.7. The maximum Gasteiger partial charge on any atom is 2.00 e. The average Bonchev–Trinajstić information content (AvgIpc) is 2.53. The van der Waals surface area contributed by atoms with Gasteiger partial charge in [0.25, 0.3) is 0 Å². The van der Waals surface area contributed by atoms with Gasteiger partial charge in [-0.3, -0.25) is 9.59 Å². The first-order valence-electron chi connectivity index (χ1n) is 8.16. The van der Waals surface area contributed by atoms with Gasteiger partial charge in [-0.2, -0.15) is 0 Å². The van der Waals surface area contributed by atoms with Crippen molar-refractivity contribution in [2.45, 2.75) is 27.7 Å². The van der Waals surface area contributed by atoms with E-state index < -0.39 is 0 Å². The smallest absolute Gasteiger partial charge is 0.783 e. The minimum Gasteiger partial charge on any atom is -0.783 e. The summed E-state index contributed by atoms with van der Waals surface area (Å²) in [5.41, 5.74) is 6.21. The van der Waals surface area contributed by atoms with Crippen molar-refractivity contribution in [3.8, 4) is 0 Å². The van der Waals surface area contributed by atoms with Crippen molar-refractivity contribution in [2.24, 2.45) is 0 Å². The Morgan fingerprint density at radius 1 is 0.667 bits per heavy atom. The molecule has 1 radical (unpaired) electrons. The van der Waals surface area contributed by atoms with Crippen molar-refractivity contribution >= 4 is 48.4 Å². The molecule has 4 nitrogen and oxygen atoms in total. The van der Waals surface area contributed by atoms with Gasteiger partial charge in [0, 0.05) is 11.4 Å². The van der Waals surface area contributed by atoms with Crippen molar-refractivity contribution < 1.29 is 26.4 Å². The van der Waals surface area contributed by atoms with Crippen LogP contribution in [0.3, 0.4) is 0 Å². The normalized spacial score (nSPS) is 9.41. The van der Waals surface area contributed by atoms with Crippen LogP contribution in [0.1, 0.15) is 22.3 Å². The van der Waals surface area contributed by atoms with E-state index in [1.807, 2.05) is 52.0 Å². The summed E-state index contributed by atoms with van der Waals surface area (Å²) in [5.74, 6) is -0.0417. The van der Waals surface area contributed by atoms with Gasteiger partial charge in [-0.1, -0.05) is 23.6 Å². The van der Waals surface area contributed by atoms with Crippen LogP contribution in [0.2, 0.25) is 0 Å². The fourth-order valence-corrected chi connectivity index (χ4v) is 2.63. The zero-order valence-corrected chi connectivity index (χ0v) is 18.5. The van der Waals surface area contributed by atoms with E-state index in [-0.39, 0.29) is 40.1 Å². The minimum atomic E-state index is -0.125. The van der Waals surface area contributed by atoms with Crippen LogP contribution in [-0.2, 0) is 51.6 Å². The van der Waals surface area contributed by atoms with Crippen LogP contribution in [0.15, 0.2) is 36.4 Å². The van der Waals surface area contributed by atoms with Crippen LogP contribution in [0.5, 0.6) is 0 Å². The van der Waals surface area contributed by atoms with Crippen molar-refractivity contribution in [1.82, 2.24) is 0 Å². The largest absolute Gasteiger partial charge is 2.00 e. The van der Waals surface area contributed by atoms with E-state index in [1.54, 1.807) is 0 Å². The quantitative estimate of drug-likeness (QED) is 0.704. The summed E-state index contributed by atoms with van der Waals surface area (Å²) in [6.07, 6.45) is 0. The van der Waals surface area contributed by atoms with E-state index in [0.29, 0.717) is 0 Å². The molecule has 7 heteroatoms. The Balaban J connectivity index is 0.000000483. The third-order valence-corrected chi connectivity index (χ3v) is 3.80. The van der Waals surface area contributed by atoms with Crippen molar-refractivity contribution in [2.75, 3.05) is 22.1 Å². The van der Waals surface area contributed by atoms with Gasteiger partial charge in [-0.15, -0.1) is 0 Å². The molecular weight excluding hydrogens is 423 g/mol. The van der Waals surface area contributed by atoms with Crippen molar-refractivity contribution in [3.63, 3.8) is 0 Å². The van der Waals surface area contributed by atoms with Crippen LogP contribution < -0.4 is 10.6 Å². The summed E-state index contributed by atoms with van der Waals surface area (Å²) < 4.78 is 0. The van der Waals surface area contributed by atoms with Gasteiger partial charge < -0.3 is 35.9 Å². The van der Waals surface area contributed by atoms with Gasteiger partial charge in [0.15, 0.2) is 11.8 Å². The number of carbonyl (C=O) groups is 2. The van der Waals surface area contributed by atoms with Crippen LogP contribution in [-0.4, -0.2) is 23.3 Å². The molecule has 0 aliphatic carbocycles. The van der Waals surface area contributed by atoms with Gasteiger partial charge in [0.1, 0.15) is 0 Å². The van der Waals surface area contributed by atoms with Crippen LogP contribution >= 0.6 is 0 Å². The second kappa shape index (κ2) is 12.9. The van der Waals surface area contributed by atoms with Crippen molar-refractivity contribution in [3.05, 3.63) is 58.7 Å². The summed E-state index contributed by atoms with van der Waals surface area (Å²) in [6.45, 7) is 7.99. The Morgan fingerprint density at radius 3 is 1.15 bits per heavy atom. The molecule has 2 rings (SSSR count). The number of hydrogen-bond acceptors (Lipinski definition) is 4. The number of aryl methyl sites for hydroxylation is 4. The standard InChI is InChI=1S/2C10H13NOS.Co/c2*1-7-3-8(2)5-9(4-7)11-10(12)6-13;/h2*3-5,13H,6H2,1-2H3,(H,11,12);/q;;+2/p-2. The first kappa shape index (κ1) is 25.6. The molecule has 0 spiro atoms. The summed E-state index contributed by atoms with van der Waals surface area (Å²) in [6, 6.07) is 11.8. The predicted molar refractivity (Wildman–Crippen MR) is 114 cm³/mol. The van der Waals surface area contributed by atoms with Gasteiger partial charge in [0.2, 0.25) is 0 Å². The van der Waals surface area contributed by atoms with E-state index in [1.165, 1.54) is 0 Å². The summed E-state index contributed by atoms with van der Waals surface area (Å²) >= 11 is 9.25. The number of amides is 2. The van der Waals surface area contributed by atoms with Crippen LogP contribution in [0.4, 0.5) is 11.4 Å². The molecule has 0 aliphatic heterocycles. The molecule has 2 aromatic carbocycles. The van der Waals surface area contributed by atoms with Gasteiger partial charge in [-0.25, -0.2) is 0 Å². The van der Waals surface area contributed by atoms with Gasteiger partial charge >= 0.3 is 16.8 Å². The molecule has 0 saturated carbocycles. The number of anilines is 2. The second-order valence-corrected chi connectivity index (χ2v) is 6.72. The van der Waals surface area contributed by atoms with Crippen LogP contribution in [0, 0.1) is 27.7 Å². The molecule has 0 aromatic heterocycles. The molecule has 2 aromatic rings. The number of rotatable bonds is 4. The molecule has 0 fully saturated rings. The van der Waals surface area contributed by atoms with Gasteiger partial charge in [0.05, 0.1) is 0 Å². The molecule has 2 N–H and O–H groups in total. The number of carbonyl (C=O) groups excluding carboxylic acids is 2. The molecule has 0 aliphatic rings. The number of hydrogen-bond donors (Lipinski definition) is 2. The van der Waals surface area contributed by atoms with Crippen LogP contribution in [0.25, 0.3) is 0 Å². The number of nitrogens with one attached hydrogen (secondary N) is 2. The third kappa shape index (κ3) is 10.5. The summed E-state index contributed by atoms with van der Waals surface area (Å²) in [4.78, 5) is 22.0. The average molecular weight is 447 g/mol. The first-order chi connectivity index (χ1) is 12.2. The third-order valence-electron chi connectivity index (χ3n) is 3.27. The number of benzene rings is 2. The SMILES string of the molecule is Cc1cc(C)cc(NC(=O)C[S-])c1.Cc1cc(C)cc(NC(=O)C[S-])c1.[Co+2]. The Kier molecular flexibility index (Phi) is 12.2. The fourth-order valence-electron chi connectivity index (χ4n) is 2.49. The molecule has 0 bridgehead atoms. The molecule has 0 unspecified atom stereocenters. The van der Waals surface area contributed by atoms with E-state index in [2.05, 4.69) is 48.0 Å². The van der Waals surface area contributed by atoms with E-state index >= 15 is 0 Å². The van der Waals surface area contributed by atoms with E-state index in [9.17, 15) is 9.59 Å². The molecular formula is C20H24CoN2O2S2. The Morgan fingerprint density at radius 2 is 0.926 bits per heavy atom. The molecule has 0 atom stereocenters. The van der Waals surface area contributed by atoms with E-state index in [4.69, 9.17) is 0 Å².